The van der Waals surface area contributed by atoms with Gasteiger partial charge in [-0.2, -0.15) is 0 Å². The van der Waals surface area contributed by atoms with Crippen molar-refractivity contribution in [3.8, 4) is 0 Å². The fraction of sp³-hybridized carbons (Fsp3) is 0.444. The van der Waals surface area contributed by atoms with Crippen molar-refractivity contribution in [1.29, 1.82) is 0 Å². The molecule has 13 heavy (non-hydrogen) atoms. The van der Waals surface area contributed by atoms with E-state index >= 15 is 0 Å². The molecule has 0 amide bonds. The Morgan fingerprint density at radius 1 is 1.69 bits per heavy atom. The van der Waals surface area contributed by atoms with E-state index in [2.05, 4.69) is 13.2 Å². The van der Waals surface area contributed by atoms with Gasteiger partial charge in [0.05, 0.1) is 0 Å². The van der Waals surface area contributed by atoms with Gasteiger partial charge in [0.15, 0.2) is 6.29 Å². The molecule has 0 aromatic rings. The molecule has 0 aromatic carbocycles. The summed E-state index contributed by atoms with van der Waals surface area (Å²) >= 11 is 4.88. The van der Waals surface area contributed by atoms with Crippen LogP contribution in [-0.4, -0.2) is 21.4 Å². The molecule has 1 unspecified atom stereocenters. The van der Waals surface area contributed by atoms with Crippen LogP contribution in [0.5, 0.6) is 0 Å². The molecule has 0 aliphatic heterocycles. The third-order valence-electron chi connectivity index (χ3n) is 1.33. The van der Waals surface area contributed by atoms with Crippen molar-refractivity contribution in [2.45, 2.75) is 26.1 Å². The Morgan fingerprint density at radius 3 is 2.69 bits per heavy atom. The molecule has 4 heteroatoms. The first kappa shape index (κ1) is 12.3. The highest BCUT2D eigenvalue weighted by Gasteiger charge is 2.09. The van der Waals surface area contributed by atoms with Crippen LogP contribution < -0.4 is 0 Å². The Kier molecular flexibility index (Phi) is 6.40. The average molecular weight is 201 g/mol. The maximum Gasteiger partial charge on any atom is 0.181 e. The Balaban J connectivity index is 4.04. The van der Waals surface area contributed by atoms with E-state index < -0.39 is 6.29 Å². The molecule has 0 aromatic heterocycles. The van der Waals surface area contributed by atoms with E-state index in [1.54, 1.807) is 0 Å². The van der Waals surface area contributed by atoms with E-state index in [0.29, 0.717) is 11.4 Å². The normalized spacial score (nSPS) is 11.8. The highest BCUT2D eigenvalue weighted by atomic mass is 32.1. The van der Waals surface area contributed by atoms with E-state index in [1.807, 2.05) is 6.92 Å². The molecule has 1 N–H and O–H groups in total. The minimum atomic E-state index is -0.846. The number of nitrogens with zero attached hydrogens (tertiary/aromatic N) is 1. The molecule has 0 spiro atoms. The Hall–Kier alpha value is -0.710. The fourth-order valence-electron chi connectivity index (χ4n) is 0.706. The third-order valence-corrected chi connectivity index (χ3v) is 1.68. The SMILES string of the molecule is C=CC(=S)N(C=C)OC(O)CCC. The summed E-state index contributed by atoms with van der Waals surface area (Å²) in [6.45, 7) is 8.94. The van der Waals surface area contributed by atoms with Gasteiger partial charge in [-0.1, -0.05) is 38.7 Å². The van der Waals surface area contributed by atoms with Gasteiger partial charge in [0.25, 0.3) is 0 Å². The summed E-state index contributed by atoms with van der Waals surface area (Å²) in [7, 11) is 0. The Labute approximate surface area is 84.3 Å². The maximum atomic E-state index is 9.29. The molecule has 0 aliphatic carbocycles. The lowest BCUT2D eigenvalue weighted by Crippen LogP contribution is -2.28. The van der Waals surface area contributed by atoms with Gasteiger partial charge in [-0.05, 0) is 6.08 Å². The first-order chi connectivity index (χ1) is 6.15. The summed E-state index contributed by atoms with van der Waals surface area (Å²) in [5.74, 6) is 0. The van der Waals surface area contributed by atoms with Crippen molar-refractivity contribution in [3.63, 3.8) is 0 Å². The van der Waals surface area contributed by atoms with Crippen molar-refractivity contribution >= 4 is 17.2 Å². The van der Waals surface area contributed by atoms with E-state index in [0.717, 1.165) is 6.42 Å². The molecular weight excluding hydrogens is 186 g/mol. The van der Waals surface area contributed by atoms with Gasteiger partial charge < -0.3 is 5.11 Å². The molecule has 0 heterocycles. The summed E-state index contributed by atoms with van der Waals surface area (Å²) in [4.78, 5) is 5.43. The highest BCUT2D eigenvalue weighted by molar-refractivity contribution is 7.80. The molecule has 74 valence electrons. The van der Waals surface area contributed by atoms with Crippen molar-refractivity contribution in [3.05, 3.63) is 25.4 Å². The molecule has 0 rings (SSSR count). The van der Waals surface area contributed by atoms with Gasteiger partial charge in [0.1, 0.15) is 4.99 Å². The van der Waals surface area contributed by atoms with Crippen LogP contribution in [0.4, 0.5) is 0 Å². The first-order valence-corrected chi connectivity index (χ1v) is 4.49. The van der Waals surface area contributed by atoms with Gasteiger partial charge in [0, 0.05) is 12.6 Å². The predicted molar refractivity (Wildman–Crippen MR) is 56.8 cm³/mol. The summed E-state index contributed by atoms with van der Waals surface area (Å²) in [6, 6.07) is 0. The zero-order chi connectivity index (χ0) is 10.3. The topological polar surface area (TPSA) is 32.7 Å². The smallest absolute Gasteiger partial charge is 0.181 e. The van der Waals surface area contributed by atoms with Crippen LogP contribution in [-0.2, 0) is 4.84 Å². The zero-order valence-corrected chi connectivity index (χ0v) is 8.59. The molecule has 3 nitrogen and oxygen atoms in total. The van der Waals surface area contributed by atoms with Crippen molar-refractivity contribution in [2.24, 2.45) is 0 Å². The maximum absolute atomic E-state index is 9.29. The number of thiocarbonyl (C=S) groups is 1. The van der Waals surface area contributed by atoms with E-state index in [9.17, 15) is 5.11 Å². The van der Waals surface area contributed by atoms with Crippen LogP contribution in [0.1, 0.15) is 19.8 Å². The van der Waals surface area contributed by atoms with Gasteiger partial charge in [-0.15, -0.1) is 0 Å². The second-order valence-corrected chi connectivity index (χ2v) is 2.82. The molecule has 0 saturated carbocycles. The van der Waals surface area contributed by atoms with Gasteiger partial charge in [-0.25, -0.2) is 9.90 Å². The standard InChI is InChI=1S/C9H15NO2S/c1-4-7-9(11)12-10(6-3)8(13)5-2/h5-6,9,11H,2-4,7H2,1H3. The third kappa shape index (κ3) is 4.77. The quantitative estimate of drug-likeness (QED) is 0.308. The van der Waals surface area contributed by atoms with Gasteiger partial charge in [0.2, 0.25) is 0 Å². The lowest BCUT2D eigenvalue weighted by Gasteiger charge is -2.21. The molecular formula is C9H15NO2S. The monoisotopic (exact) mass is 201 g/mol. The predicted octanol–water partition coefficient (Wildman–Crippen LogP) is 2.00. The minimum Gasteiger partial charge on any atom is -0.366 e. The minimum absolute atomic E-state index is 0.380. The summed E-state index contributed by atoms with van der Waals surface area (Å²) < 4.78 is 0. The van der Waals surface area contributed by atoms with E-state index in [1.165, 1.54) is 17.3 Å². The van der Waals surface area contributed by atoms with Crippen molar-refractivity contribution < 1.29 is 9.94 Å². The second kappa shape index (κ2) is 6.77. The summed E-state index contributed by atoms with van der Waals surface area (Å²) in [5, 5.41) is 10.5. The largest absolute Gasteiger partial charge is 0.366 e. The average Bonchev–Trinajstić information content (AvgIpc) is 2.13. The van der Waals surface area contributed by atoms with Crippen molar-refractivity contribution in [1.82, 2.24) is 5.06 Å². The number of rotatable bonds is 6. The van der Waals surface area contributed by atoms with Gasteiger partial charge >= 0.3 is 0 Å². The highest BCUT2D eigenvalue weighted by Crippen LogP contribution is 2.04. The van der Waals surface area contributed by atoms with Crippen LogP contribution in [0.15, 0.2) is 25.4 Å². The molecule has 0 bridgehead atoms. The van der Waals surface area contributed by atoms with Crippen LogP contribution in [0, 0.1) is 0 Å². The van der Waals surface area contributed by atoms with Crippen LogP contribution >= 0.6 is 12.2 Å². The van der Waals surface area contributed by atoms with E-state index in [4.69, 9.17) is 17.1 Å². The first-order valence-electron chi connectivity index (χ1n) is 4.08. The molecule has 0 aliphatic rings. The molecule has 1 atom stereocenters. The Morgan fingerprint density at radius 2 is 2.31 bits per heavy atom. The van der Waals surface area contributed by atoms with E-state index in [-0.39, 0.29) is 0 Å². The summed E-state index contributed by atoms with van der Waals surface area (Å²) in [6.07, 6.45) is 3.40. The van der Waals surface area contributed by atoms with Crippen LogP contribution in [0.2, 0.25) is 0 Å². The number of hydroxylamine groups is 2. The number of hydrogen-bond acceptors (Lipinski definition) is 3. The second-order valence-electron chi connectivity index (χ2n) is 2.40. The zero-order valence-electron chi connectivity index (χ0n) is 7.77. The Bertz CT molecular complexity index is 194. The van der Waals surface area contributed by atoms with Crippen molar-refractivity contribution in [2.75, 3.05) is 0 Å². The molecule has 0 radical (unpaired) electrons. The number of hydrogen-bond donors (Lipinski definition) is 1. The van der Waals surface area contributed by atoms with Gasteiger partial charge in [-0.3, -0.25) is 0 Å². The van der Waals surface area contributed by atoms with Crippen LogP contribution in [0.3, 0.4) is 0 Å². The van der Waals surface area contributed by atoms with Crippen LogP contribution in [0.25, 0.3) is 0 Å². The molecule has 0 fully saturated rings. The fourth-order valence-corrected chi connectivity index (χ4v) is 0.823. The lowest BCUT2D eigenvalue weighted by molar-refractivity contribution is -0.207. The summed E-state index contributed by atoms with van der Waals surface area (Å²) in [5.41, 5.74) is 0. The number of aliphatic hydroxyl groups is 1. The lowest BCUT2D eigenvalue weighted by atomic mass is 10.3. The molecule has 0 saturated heterocycles. The number of aliphatic hydroxyl groups excluding tert-OH is 1.